The molecule has 0 bridgehead atoms. The summed E-state index contributed by atoms with van der Waals surface area (Å²) >= 11 is 0. The van der Waals surface area contributed by atoms with E-state index in [9.17, 15) is 0 Å². The van der Waals surface area contributed by atoms with E-state index in [-0.39, 0.29) is 0 Å². The van der Waals surface area contributed by atoms with Gasteiger partial charge in [-0.1, -0.05) is 13.8 Å². The van der Waals surface area contributed by atoms with E-state index < -0.39 is 0 Å². The summed E-state index contributed by atoms with van der Waals surface area (Å²) in [6, 6.07) is 0.385. The highest BCUT2D eigenvalue weighted by Crippen LogP contribution is 2.03. The molecule has 0 fully saturated rings. The summed E-state index contributed by atoms with van der Waals surface area (Å²) < 4.78 is 0. The van der Waals surface area contributed by atoms with Gasteiger partial charge in [-0.2, -0.15) is 0 Å². The maximum Gasteiger partial charge on any atom is 0.0494 e. The lowest BCUT2D eigenvalue weighted by Crippen LogP contribution is -2.06. The van der Waals surface area contributed by atoms with Gasteiger partial charge in [-0.3, -0.25) is 4.99 Å². The summed E-state index contributed by atoms with van der Waals surface area (Å²) in [5.41, 5.74) is 5.12. The summed E-state index contributed by atoms with van der Waals surface area (Å²) in [6.45, 7) is 6.38. The van der Waals surface area contributed by atoms with E-state index in [1.807, 2.05) is 0 Å². The lowest BCUT2D eigenvalue weighted by atomic mass is 10.1. The molecule has 0 saturated carbocycles. The van der Waals surface area contributed by atoms with Crippen molar-refractivity contribution in [3.8, 4) is 0 Å². The van der Waals surface area contributed by atoms with Gasteiger partial charge >= 0.3 is 0 Å². The molecule has 0 aromatic rings. The van der Waals surface area contributed by atoms with Crippen molar-refractivity contribution in [3.63, 3.8) is 0 Å². The van der Waals surface area contributed by atoms with Crippen molar-refractivity contribution in [1.82, 2.24) is 0 Å². The third-order valence-corrected chi connectivity index (χ3v) is 1.48. The number of hydrogen-bond donors (Lipinski definition) is 1. The quantitative estimate of drug-likeness (QED) is 0.594. The first-order valence-electron chi connectivity index (χ1n) is 3.58. The third-order valence-electron chi connectivity index (χ3n) is 1.48. The topological polar surface area (TPSA) is 38.4 Å². The first-order chi connectivity index (χ1) is 4.68. The van der Waals surface area contributed by atoms with Crippen LogP contribution in [-0.2, 0) is 0 Å². The van der Waals surface area contributed by atoms with Gasteiger partial charge in [0.05, 0.1) is 0 Å². The maximum atomic E-state index is 5.12. The van der Waals surface area contributed by atoms with E-state index in [4.69, 9.17) is 5.73 Å². The smallest absolute Gasteiger partial charge is 0.0494 e. The average Bonchev–Trinajstić information content (AvgIpc) is 1.88. The van der Waals surface area contributed by atoms with Crippen molar-refractivity contribution in [2.45, 2.75) is 26.8 Å². The molecule has 0 aliphatic heterocycles. The van der Waals surface area contributed by atoms with Gasteiger partial charge in [0.1, 0.15) is 0 Å². The molecule has 0 radical (unpaired) electrons. The number of nitrogens with zero attached hydrogens (tertiary/aromatic N) is 1. The molecule has 10 heavy (non-hydrogen) atoms. The molecule has 0 aromatic carbocycles. The molecule has 0 aliphatic carbocycles. The Bertz CT molecular complexity index is 125. The Hall–Kier alpha value is -0.790. The van der Waals surface area contributed by atoms with Crippen LogP contribution in [0.1, 0.15) is 20.8 Å². The van der Waals surface area contributed by atoms with Crippen molar-refractivity contribution in [2.24, 2.45) is 16.6 Å². The zero-order chi connectivity index (χ0) is 7.98. The standard InChI is InChI=1S/C8H16N2/c1-7(2)8(3)10-6-4-5-9/h4-8H,9H2,1-3H3. The van der Waals surface area contributed by atoms with Crippen molar-refractivity contribution >= 4 is 6.21 Å². The number of allylic oxidation sites excluding steroid dienone is 1. The third kappa shape index (κ3) is 4.13. The van der Waals surface area contributed by atoms with Crippen LogP contribution in [0.25, 0.3) is 0 Å². The van der Waals surface area contributed by atoms with Gasteiger partial charge in [0.25, 0.3) is 0 Å². The fourth-order valence-electron chi connectivity index (χ4n) is 0.407. The Balaban J connectivity index is 3.66. The summed E-state index contributed by atoms with van der Waals surface area (Å²) in [5, 5.41) is 0. The van der Waals surface area contributed by atoms with Crippen LogP contribution in [0, 0.1) is 5.92 Å². The second-order valence-electron chi connectivity index (χ2n) is 2.67. The predicted molar refractivity (Wildman–Crippen MR) is 46.1 cm³/mol. The minimum atomic E-state index is 0.385. The van der Waals surface area contributed by atoms with Crippen LogP contribution in [0.15, 0.2) is 17.3 Å². The molecule has 0 amide bonds. The van der Waals surface area contributed by atoms with Gasteiger partial charge in [-0.15, -0.1) is 0 Å². The zero-order valence-electron chi connectivity index (χ0n) is 6.91. The van der Waals surface area contributed by atoms with Crippen LogP contribution in [0.5, 0.6) is 0 Å². The molecule has 2 nitrogen and oxygen atoms in total. The highest BCUT2D eigenvalue weighted by molar-refractivity contribution is 5.70. The zero-order valence-corrected chi connectivity index (χ0v) is 6.91. The highest BCUT2D eigenvalue weighted by Gasteiger charge is 2.01. The molecule has 0 spiro atoms. The maximum absolute atomic E-state index is 5.12. The molecule has 1 atom stereocenters. The lowest BCUT2D eigenvalue weighted by Gasteiger charge is -2.07. The van der Waals surface area contributed by atoms with Crippen molar-refractivity contribution < 1.29 is 0 Å². The molecule has 0 aromatic heterocycles. The van der Waals surface area contributed by atoms with E-state index in [1.54, 1.807) is 12.3 Å². The Labute approximate surface area is 62.8 Å². The van der Waals surface area contributed by atoms with Gasteiger partial charge in [-0.25, -0.2) is 0 Å². The molecular weight excluding hydrogens is 124 g/mol. The van der Waals surface area contributed by atoms with Crippen molar-refractivity contribution in [1.29, 1.82) is 0 Å². The summed E-state index contributed by atoms with van der Waals surface area (Å²) in [6.07, 6.45) is 4.96. The average molecular weight is 140 g/mol. The fraction of sp³-hybridized carbons (Fsp3) is 0.625. The second kappa shape index (κ2) is 5.03. The lowest BCUT2D eigenvalue weighted by molar-refractivity contribution is 0.533. The van der Waals surface area contributed by atoms with Crippen LogP contribution >= 0.6 is 0 Å². The minimum absolute atomic E-state index is 0.385. The number of nitrogens with two attached hydrogens (primary N) is 1. The van der Waals surface area contributed by atoms with E-state index in [0.29, 0.717) is 12.0 Å². The number of hydrogen-bond acceptors (Lipinski definition) is 2. The largest absolute Gasteiger partial charge is 0.405 e. The monoisotopic (exact) mass is 140 g/mol. The Morgan fingerprint density at radius 1 is 1.30 bits per heavy atom. The van der Waals surface area contributed by atoms with Gasteiger partial charge < -0.3 is 5.73 Å². The van der Waals surface area contributed by atoms with Crippen LogP contribution in [-0.4, -0.2) is 12.3 Å². The molecule has 1 unspecified atom stereocenters. The van der Waals surface area contributed by atoms with Gasteiger partial charge in [0, 0.05) is 12.3 Å². The van der Waals surface area contributed by atoms with E-state index in [1.165, 1.54) is 6.20 Å². The SMILES string of the molecule is CC(C)C(C)N=CC=CN. The summed E-state index contributed by atoms with van der Waals surface area (Å²) in [5.74, 6) is 0.599. The molecule has 0 rings (SSSR count). The van der Waals surface area contributed by atoms with Gasteiger partial charge in [-0.05, 0) is 25.1 Å². The minimum Gasteiger partial charge on any atom is -0.405 e. The van der Waals surface area contributed by atoms with Crippen LogP contribution in [0.4, 0.5) is 0 Å². The Kier molecular flexibility index (Phi) is 4.63. The highest BCUT2D eigenvalue weighted by atomic mass is 14.8. The van der Waals surface area contributed by atoms with E-state index in [0.717, 1.165) is 0 Å². The van der Waals surface area contributed by atoms with E-state index >= 15 is 0 Å². The molecule has 0 saturated heterocycles. The van der Waals surface area contributed by atoms with Crippen LogP contribution in [0.3, 0.4) is 0 Å². The normalized spacial score (nSPS) is 15.6. The Morgan fingerprint density at radius 3 is 2.30 bits per heavy atom. The Morgan fingerprint density at radius 2 is 1.90 bits per heavy atom. The summed E-state index contributed by atoms with van der Waals surface area (Å²) in [4.78, 5) is 4.22. The molecule has 2 heteroatoms. The van der Waals surface area contributed by atoms with Gasteiger partial charge in [0.2, 0.25) is 0 Å². The summed E-state index contributed by atoms with van der Waals surface area (Å²) in [7, 11) is 0. The first-order valence-corrected chi connectivity index (χ1v) is 3.58. The number of rotatable bonds is 3. The van der Waals surface area contributed by atoms with Crippen molar-refractivity contribution in [3.05, 3.63) is 12.3 Å². The molecule has 0 heterocycles. The van der Waals surface area contributed by atoms with Crippen LogP contribution < -0.4 is 5.73 Å². The van der Waals surface area contributed by atoms with Crippen LogP contribution in [0.2, 0.25) is 0 Å². The molecule has 58 valence electrons. The second-order valence-corrected chi connectivity index (χ2v) is 2.67. The molecule has 0 aliphatic rings. The van der Waals surface area contributed by atoms with Gasteiger partial charge in [0.15, 0.2) is 0 Å². The fourth-order valence-corrected chi connectivity index (χ4v) is 0.407. The predicted octanol–water partition coefficient (Wildman–Crippen LogP) is 1.57. The molecular formula is C8H16N2. The number of aliphatic imine (C=N–C) groups is 1. The first kappa shape index (κ1) is 9.21. The van der Waals surface area contributed by atoms with E-state index in [2.05, 4.69) is 25.8 Å². The molecule has 2 N–H and O–H groups in total. The van der Waals surface area contributed by atoms with Crippen molar-refractivity contribution in [2.75, 3.05) is 0 Å².